The van der Waals surface area contributed by atoms with E-state index >= 15 is 0 Å². The van der Waals surface area contributed by atoms with Crippen molar-refractivity contribution >= 4 is 23.3 Å². The first kappa shape index (κ1) is 25.8. The summed E-state index contributed by atoms with van der Waals surface area (Å²) in [7, 11) is 0. The monoisotopic (exact) mass is 541 g/mol. The van der Waals surface area contributed by atoms with Gasteiger partial charge in [-0.05, 0) is 24.5 Å². The average Bonchev–Trinajstić information content (AvgIpc) is 3.72. The summed E-state index contributed by atoms with van der Waals surface area (Å²) in [4.78, 5) is 23.7. The van der Waals surface area contributed by atoms with Crippen LogP contribution in [-0.2, 0) is 5.41 Å². The van der Waals surface area contributed by atoms with Crippen molar-refractivity contribution in [3.63, 3.8) is 0 Å². The highest BCUT2D eigenvalue weighted by molar-refractivity contribution is 5.98. The van der Waals surface area contributed by atoms with Gasteiger partial charge in [-0.2, -0.15) is 0 Å². The lowest BCUT2D eigenvalue weighted by molar-refractivity contribution is 0.180. The third kappa shape index (κ3) is 5.90. The van der Waals surface area contributed by atoms with Gasteiger partial charge in [0.1, 0.15) is 23.8 Å². The van der Waals surface area contributed by atoms with Gasteiger partial charge in [0.25, 0.3) is 0 Å². The van der Waals surface area contributed by atoms with E-state index in [9.17, 15) is 4.79 Å². The normalized spacial score (nSPS) is 18.5. The molecule has 3 N–H and O–H groups in total. The van der Waals surface area contributed by atoms with Crippen LogP contribution in [0.15, 0.2) is 47.4 Å². The van der Waals surface area contributed by atoms with E-state index in [4.69, 9.17) is 9.26 Å². The van der Waals surface area contributed by atoms with Crippen LogP contribution in [0.4, 0.5) is 16.4 Å². The van der Waals surface area contributed by atoms with Gasteiger partial charge >= 0.3 is 6.03 Å². The second kappa shape index (κ2) is 10.6. The molecule has 206 valence electrons. The molecule has 12 nitrogen and oxygen atoms in total. The first-order valence-electron chi connectivity index (χ1n) is 13.3. The molecule has 2 amide bonds. The molecule has 4 aromatic rings. The van der Waals surface area contributed by atoms with E-state index in [0.717, 1.165) is 25.4 Å². The molecule has 12 heteroatoms. The molecule has 0 saturated carbocycles. The van der Waals surface area contributed by atoms with Gasteiger partial charge in [-0.3, -0.25) is 15.5 Å². The lowest BCUT2D eigenvalue weighted by Crippen LogP contribution is -2.45. The SMILES string of the molecule is CC(C)(C)c1cc(NC(=O)Nc2cc3ncc(C#Cc4ccc(OCCN5CC6CC5CN6)cn4)cn3n2)no1. The highest BCUT2D eigenvalue weighted by Crippen LogP contribution is 2.25. The van der Waals surface area contributed by atoms with Crippen LogP contribution in [0.1, 0.15) is 44.2 Å². The molecule has 0 radical (unpaired) electrons. The molecule has 2 aliphatic heterocycles. The molecule has 0 aromatic carbocycles. The minimum Gasteiger partial charge on any atom is -0.491 e. The number of piperazine rings is 1. The summed E-state index contributed by atoms with van der Waals surface area (Å²) in [6.45, 7) is 9.76. The predicted octanol–water partition coefficient (Wildman–Crippen LogP) is 2.88. The Morgan fingerprint density at radius 2 is 2.05 bits per heavy atom. The number of nitrogens with one attached hydrogen (secondary N) is 3. The molecule has 0 aliphatic carbocycles. The average molecular weight is 542 g/mol. The van der Waals surface area contributed by atoms with E-state index in [2.05, 4.69) is 52.9 Å². The maximum atomic E-state index is 12.4. The lowest BCUT2D eigenvalue weighted by Gasteiger charge is -2.26. The molecule has 6 heterocycles. The van der Waals surface area contributed by atoms with Crippen LogP contribution >= 0.6 is 0 Å². The van der Waals surface area contributed by atoms with Crippen molar-refractivity contribution in [3.8, 4) is 17.6 Å². The maximum Gasteiger partial charge on any atom is 0.326 e. The Morgan fingerprint density at radius 1 is 1.18 bits per heavy atom. The summed E-state index contributed by atoms with van der Waals surface area (Å²) in [6.07, 6.45) is 6.33. The van der Waals surface area contributed by atoms with Gasteiger partial charge in [0, 0.05) is 61.7 Å². The zero-order valence-electron chi connectivity index (χ0n) is 22.6. The number of rotatable bonds is 6. The summed E-state index contributed by atoms with van der Waals surface area (Å²) in [5, 5.41) is 17.1. The zero-order chi connectivity index (χ0) is 27.7. The first-order chi connectivity index (χ1) is 19.3. The van der Waals surface area contributed by atoms with Crippen molar-refractivity contribution in [1.29, 1.82) is 0 Å². The fourth-order valence-electron chi connectivity index (χ4n) is 4.83. The van der Waals surface area contributed by atoms with E-state index in [1.54, 1.807) is 35.2 Å². The van der Waals surface area contributed by atoms with Crippen LogP contribution in [0.2, 0.25) is 0 Å². The van der Waals surface area contributed by atoms with Gasteiger partial charge in [0.05, 0.1) is 11.8 Å². The fraction of sp³-hybridized carbons (Fsp3) is 0.393. The summed E-state index contributed by atoms with van der Waals surface area (Å²) in [5.41, 5.74) is 1.63. The van der Waals surface area contributed by atoms with E-state index in [0.29, 0.717) is 53.0 Å². The molecule has 6 rings (SSSR count). The Bertz CT molecular complexity index is 1580. The van der Waals surface area contributed by atoms with Crippen molar-refractivity contribution in [3.05, 3.63) is 59.9 Å². The third-order valence-corrected chi connectivity index (χ3v) is 6.93. The Kier molecular flexibility index (Phi) is 6.83. The largest absolute Gasteiger partial charge is 0.491 e. The number of nitrogens with zero attached hydrogens (tertiary/aromatic N) is 6. The number of carbonyl (C=O) groups is 1. The zero-order valence-corrected chi connectivity index (χ0v) is 22.6. The van der Waals surface area contributed by atoms with Gasteiger partial charge in [-0.1, -0.05) is 31.8 Å². The van der Waals surface area contributed by atoms with Crippen LogP contribution < -0.4 is 20.7 Å². The number of fused-ring (bicyclic) bond motifs is 3. The van der Waals surface area contributed by atoms with E-state index < -0.39 is 6.03 Å². The minimum absolute atomic E-state index is 0.212. The standard InChI is InChI=1S/C28H31N9O3/c1-28(2,3)23-11-25(35-40-23)33-27(38)32-24-12-26-31-13-18(16-37(26)34-24)4-5-19-6-7-22(15-30-19)39-9-8-36-17-20-10-21(36)14-29-20/h6-7,11-13,15-16,20-21,29H,8-10,14,17H2,1-3H3,(H2,32,33,34,35,38). The number of aromatic nitrogens is 5. The minimum atomic E-state index is -0.490. The molecular formula is C28H31N9O3. The Labute approximate surface area is 231 Å². The van der Waals surface area contributed by atoms with E-state index in [1.165, 1.54) is 6.42 Å². The molecule has 2 unspecified atom stereocenters. The molecule has 2 atom stereocenters. The highest BCUT2D eigenvalue weighted by Gasteiger charge is 2.37. The molecule has 2 fully saturated rings. The summed E-state index contributed by atoms with van der Waals surface area (Å²) >= 11 is 0. The predicted molar refractivity (Wildman–Crippen MR) is 148 cm³/mol. The van der Waals surface area contributed by atoms with Crippen LogP contribution in [0.3, 0.4) is 0 Å². The smallest absolute Gasteiger partial charge is 0.326 e. The molecule has 40 heavy (non-hydrogen) atoms. The number of urea groups is 1. The van der Waals surface area contributed by atoms with Crippen molar-refractivity contribution in [2.75, 3.05) is 36.9 Å². The summed E-state index contributed by atoms with van der Waals surface area (Å²) in [5.74, 6) is 8.16. The van der Waals surface area contributed by atoms with Crippen molar-refractivity contribution < 1.29 is 14.1 Å². The van der Waals surface area contributed by atoms with Gasteiger partial charge in [0.15, 0.2) is 17.3 Å². The Balaban J connectivity index is 1.02. The van der Waals surface area contributed by atoms with E-state index in [-0.39, 0.29) is 5.41 Å². The third-order valence-electron chi connectivity index (χ3n) is 6.93. The number of ether oxygens (including phenoxy) is 1. The topological polar surface area (TPSA) is 135 Å². The van der Waals surface area contributed by atoms with E-state index in [1.807, 2.05) is 32.9 Å². The molecular weight excluding hydrogens is 510 g/mol. The number of anilines is 2. The molecule has 0 spiro atoms. The van der Waals surface area contributed by atoms with Crippen molar-refractivity contribution in [2.24, 2.45) is 0 Å². The number of likely N-dealkylation sites (tertiary alicyclic amines) is 1. The lowest BCUT2D eigenvalue weighted by atomic mass is 9.93. The van der Waals surface area contributed by atoms with Gasteiger partial charge in [-0.25, -0.2) is 19.3 Å². The van der Waals surface area contributed by atoms with Gasteiger partial charge < -0.3 is 14.6 Å². The van der Waals surface area contributed by atoms with Crippen LogP contribution in [-0.4, -0.2) is 74.0 Å². The van der Waals surface area contributed by atoms with Crippen molar-refractivity contribution in [2.45, 2.75) is 44.7 Å². The van der Waals surface area contributed by atoms with Crippen LogP contribution in [0.5, 0.6) is 5.75 Å². The van der Waals surface area contributed by atoms with Crippen molar-refractivity contribution in [1.82, 2.24) is 35.0 Å². The Hall–Kier alpha value is -4.47. The number of hydrogen-bond acceptors (Lipinski definition) is 9. The maximum absolute atomic E-state index is 12.4. The second-order valence-electron chi connectivity index (χ2n) is 11.0. The first-order valence-corrected chi connectivity index (χ1v) is 13.3. The quantitative estimate of drug-likeness (QED) is 0.315. The number of amides is 2. The van der Waals surface area contributed by atoms with Gasteiger partial charge in [0.2, 0.25) is 0 Å². The molecule has 4 aromatic heterocycles. The van der Waals surface area contributed by atoms with Crippen LogP contribution in [0, 0.1) is 11.8 Å². The van der Waals surface area contributed by atoms with Gasteiger partial charge in [-0.15, -0.1) is 5.10 Å². The molecule has 2 saturated heterocycles. The number of hydrogen-bond donors (Lipinski definition) is 3. The molecule has 2 bridgehead atoms. The second-order valence-corrected chi connectivity index (χ2v) is 11.0. The van der Waals surface area contributed by atoms with Crippen LogP contribution in [0.25, 0.3) is 5.65 Å². The highest BCUT2D eigenvalue weighted by atomic mass is 16.5. The summed E-state index contributed by atoms with van der Waals surface area (Å²) in [6, 6.07) is 7.88. The molecule has 2 aliphatic rings. The Morgan fingerprint density at radius 3 is 2.77 bits per heavy atom. The number of pyridine rings is 1. The summed E-state index contributed by atoms with van der Waals surface area (Å²) < 4.78 is 12.7. The fourth-order valence-corrected chi connectivity index (χ4v) is 4.83. The number of carbonyl (C=O) groups excluding carboxylic acids is 1.